The van der Waals surface area contributed by atoms with Gasteiger partial charge in [0.15, 0.2) is 0 Å². The molecule has 0 saturated carbocycles. The Morgan fingerprint density at radius 2 is 1.85 bits per heavy atom. The minimum atomic E-state index is -0.449. The van der Waals surface area contributed by atoms with Gasteiger partial charge in [-0.3, -0.25) is 14.9 Å². The third kappa shape index (κ3) is 4.59. The number of para-hydroxylation sites is 1. The van der Waals surface area contributed by atoms with Crippen LogP contribution in [0, 0.1) is 10.1 Å². The average molecular weight is 447 g/mol. The third-order valence-electron chi connectivity index (χ3n) is 5.55. The van der Waals surface area contributed by atoms with Gasteiger partial charge in [0.1, 0.15) is 24.3 Å². The molecule has 1 N–H and O–H groups in total. The molecule has 170 valence electrons. The lowest BCUT2D eigenvalue weighted by atomic mass is 10.0. The quantitative estimate of drug-likeness (QED) is 0.379. The molecule has 0 bridgehead atoms. The largest absolute Gasteiger partial charge is 0.496 e. The van der Waals surface area contributed by atoms with Crippen molar-refractivity contribution >= 4 is 17.3 Å². The van der Waals surface area contributed by atoms with E-state index in [1.54, 1.807) is 19.2 Å². The minimum Gasteiger partial charge on any atom is -0.496 e. The van der Waals surface area contributed by atoms with Crippen LogP contribution in [0.4, 0.5) is 11.4 Å². The van der Waals surface area contributed by atoms with Crippen LogP contribution in [-0.4, -0.2) is 29.4 Å². The van der Waals surface area contributed by atoms with Crippen molar-refractivity contribution in [3.63, 3.8) is 0 Å². The summed E-state index contributed by atoms with van der Waals surface area (Å²) in [6.07, 6.45) is 0.509. The number of methoxy groups -OCH3 is 1. The van der Waals surface area contributed by atoms with E-state index in [-0.39, 0.29) is 24.4 Å². The summed E-state index contributed by atoms with van der Waals surface area (Å²) in [6, 6.07) is 19.2. The number of carbonyl (C=O) groups excluding carboxylic acids is 1. The Hall–Kier alpha value is -4.07. The van der Waals surface area contributed by atoms with Crippen LogP contribution in [0.15, 0.2) is 66.7 Å². The Morgan fingerprint density at radius 3 is 2.55 bits per heavy atom. The van der Waals surface area contributed by atoms with Gasteiger partial charge >= 0.3 is 0 Å². The number of amides is 1. The number of hydrogen-bond acceptors (Lipinski definition) is 6. The second-order valence-corrected chi connectivity index (χ2v) is 7.70. The van der Waals surface area contributed by atoms with Gasteiger partial charge in [-0.1, -0.05) is 25.1 Å². The molecule has 0 aromatic heterocycles. The van der Waals surface area contributed by atoms with E-state index in [2.05, 4.69) is 5.32 Å². The molecule has 3 aromatic carbocycles. The number of hydrogen-bond donors (Lipinski definition) is 1. The molecule has 1 heterocycles. The molecule has 0 fully saturated rings. The fraction of sp³-hybridized carbons (Fsp3) is 0.240. The Bertz CT molecular complexity index is 1160. The van der Waals surface area contributed by atoms with E-state index in [0.717, 1.165) is 23.2 Å². The summed E-state index contributed by atoms with van der Waals surface area (Å²) >= 11 is 0. The number of non-ortho nitro benzene ring substituents is 1. The van der Waals surface area contributed by atoms with E-state index in [4.69, 9.17) is 9.47 Å². The highest BCUT2D eigenvalue weighted by atomic mass is 16.6. The predicted octanol–water partition coefficient (Wildman–Crippen LogP) is 5.16. The van der Waals surface area contributed by atoms with Crippen LogP contribution in [-0.2, 0) is 6.61 Å². The summed E-state index contributed by atoms with van der Waals surface area (Å²) in [5, 5.41) is 14.3. The summed E-state index contributed by atoms with van der Waals surface area (Å²) in [5.74, 6) is 1.17. The fourth-order valence-corrected chi connectivity index (χ4v) is 3.93. The maximum absolute atomic E-state index is 13.2. The molecule has 1 aliphatic heterocycles. The van der Waals surface area contributed by atoms with Gasteiger partial charge in [-0.15, -0.1) is 0 Å². The van der Waals surface area contributed by atoms with Crippen LogP contribution in [0.2, 0.25) is 0 Å². The van der Waals surface area contributed by atoms with E-state index in [9.17, 15) is 14.9 Å². The van der Waals surface area contributed by atoms with Crippen LogP contribution in [0.25, 0.3) is 0 Å². The molecule has 0 saturated heterocycles. The molecule has 33 heavy (non-hydrogen) atoms. The van der Waals surface area contributed by atoms with Crippen molar-refractivity contribution in [3.05, 3.63) is 93.5 Å². The molecule has 0 radical (unpaired) electrons. The molecule has 1 atom stereocenters. The van der Waals surface area contributed by atoms with Gasteiger partial charge in [0.2, 0.25) is 0 Å². The highest BCUT2D eigenvalue weighted by Crippen LogP contribution is 2.35. The predicted molar refractivity (Wildman–Crippen MR) is 125 cm³/mol. The summed E-state index contributed by atoms with van der Waals surface area (Å²) < 4.78 is 11.4. The van der Waals surface area contributed by atoms with Crippen molar-refractivity contribution in [2.45, 2.75) is 26.1 Å². The zero-order valence-electron chi connectivity index (χ0n) is 18.5. The van der Waals surface area contributed by atoms with Crippen molar-refractivity contribution in [2.75, 3.05) is 19.0 Å². The normalized spacial score (nSPS) is 14.9. The van der Waals surface area contributed by atoms with Gasteiger partial charge in [0.25, 0.3) is 11.6 Å². The zero-order chi connectivity index (χ0) is 23.4. The molecule has 1 amide bonds. The first kappa shape index (κ1) is 22.1. The number of benzene rings is 3. The summed E-state index contributed by atoms with van der Waals surface area (Å²) in [5.41, 5.74) is 3.19. The van der Waals surface area contributed by atoms with Gasteiger partial charge in [-0.25, -0.2) is 0 Å². The average Bonchev–Trinajstić information content (AvgIpc) is 2.84. The summed E-state index contributed by atoms with van der Waals surface area (Å²) in [4.78, 5) is 25.4. The standard InChI is InChI=1S/C25H25N3O5/c1-3-14-27-24(26-22-7-5-4-6-21(22)25(27)29)17-8-13-23(32-2)18(15-17)16-33-20-11-9-19(10-12-20)28(30)31/h4-13,15,24,26H,3,14,16H2,1-2H3/t24-/m1/s1. The Balaban J connectivity index is 1.61. The number of ether oxygens (including phenoxy) is 2. The molecule has 4 rings (SSSR count). The van der Waals surface area contributed by atoms with Crippen LogP contribution < -0.4 is 14.8 Å². The van der Waals surface area contributed by atoms with E-state index >= 15 is 0 Å². The van der Waals surface area contributed by atoms with E-state index in [0.29, 0.717) is 23.6 Å². The number of fused-ring (bicyclic) bond motifs is 1. The van der Waals surface area contributed by atoms with Gasteiger partial charge in [0, 0.05) is 29.9 Å². The van der Waals surface area contributed by atoms with Gasteiger partial charge in [-0.05, 0) is 48.4 Å². The van der Waals surface area contributed by atoms with Crippen molar-refractivity contribution in [1.29, 1.82) is 0 Å². The van der Waals surface area contributed by atoms with Gasteiger partial charge in [0.05, 0.1) is 17.6 Å². The van der Waals surface area contributed by atoms with E-state index < -0.39 is 4.92 Å². The van der Waals surface area contributed by atoms with E-state index in [1.165, 1.54) is 12.1 Å². The maximum atomic E-state index is 13.2. The van der Waals surface area contributed by atoms with Crippen LogP contribution in [0.1, 0.15) is 41.0 Å². The first-order valence-electron chi connectivity index (χ1n) is 10.7. The number of carbonyl (C=O) groups is 1. The second kappa shape index (κ2) is 9.60. The van der Waals surface area contributed by atoms with Crippen molar-refractivity contribution in [1.82, 2.24) is 4.90 Å². The van der Waals surface area contributed by atoms with Crippen molar-refractivity contribution in [2.24, 2.45) is 0 Å². The lowest BCUT2D eigenvalue weighted by Gasteiger charge is -2.38. The van der Waals surface area contributed by atoms with Gasteiger partial charge in [-0.2, -0.15) is 0 Å². The topological polar surface area (TPSA) is 93.9 Å². The Morgan fingerprint density at radius 1 is 1.09 bits per heavy atom. The Kier molecular flexibility index (Phi) is 6.44. The molecule has 0 spiro atoms. The fourth-order valence-electron chi connectivity index (χ4n) is 3.93. The summed E-state index contributed by atoms with van der Waals surface area (Å²) in [7, 11) is 1.59. The molecule has 3 aromatic rings. The number of rotatable bonds is 8. The lowest BCUT2D eigenvalue weighted by Crippen LogP contribution is -2.43. The maximum Gasteiger partial charge on any atom is 0.269 e. The number of anilines is 1. The van der Waals surface area contributed by atoms with E-state index in [1.807, 2.05) is 54.3 Å². The van der Waals surface area contributed by atoms with Crippen LogP contribution >= 0.6 is 0 Å². The summed E-state index contributed by atoms with van der Waals surface area (Å²) in [6.45, 7) is 2.87. The molecule has 0 aliphatic carbocycles. The van der Waals surface area contributed by atoms with Gasteiger partial charge < -0.3 is 19.7 Å². The second-order valence-electron chi connectivity index (χ2n) is 7.70. The first-order chi connectivity index (χ1) is 16.0. The van der Waals surface area contributed by atoms with Crippen LogP contribution in [0.5, 0.6) is 11.5 Å². The number of nitro benzene ring substituents is 1. The highest BCUT2D eigenvalue weighted by molar-refractivity contribution is 6.01. The monoisotopic (exact) mass is 447 g/mol. The SMILES string of the molecule is CCCN1C(=O)c2ccccc2N[C@H]1c1ccc(OC)c(COc2ccc([N+](=O)[O-])cc2)c1. The van der Waals surface area contributed by atoms with Crippen molar-refractivity contribution in [3.8, 4) is 11.5 Å². The minimum absolute atomic E-state index is 0.00398. The highest BCUT2D eigenvalue weighted by Gasteiger charge is 2.32. The first-order valence-corrected chi connectivity index (χ1v) is 10.7. The smallest absolute Gasteiger partial charge is 0.269 e. The number of nitrogens with one attached hydrogen (secondary N) is 1. The molecule has 0 unspecified atom stereocenters. The lowest BCUT2D eigenvalue weighted by molar-refractivity contribution is -0.384. The molecular formula is C25H25N3O5. The molecular weight excluding hydrogens is 422 g/mol. The number of nitro groups is 1. The van der Waals surface area contributed by atoms with Crippen molar-refractivity contribution < 1.29 is 19.2 Å². The third-order valence-corrected chi connectivity index (χ3v) is 5.55. The molecule has 1 aliphatic rings. The molecule has 8 heteroatoms. The van der Waals surface area contributed by atoms with Crippen LogP contribution in [0.3, 0.4) is 0 Å². The number of nitrogens with zero attached hydrogens (tertiary/aromatic N) is 2. The zero-order valence-corrected chi connectivity index (χ0v) is 18.5. The Labute approximate surface area is 191 Å². The molecule has 8 nitrogen and oxygen atoms in total.